The number of aromatic nitrogens is 1. The number of hydrogen-bond acceptors (Lipinski definition) is 3. The van der Waals surface area contributed by atoms with Crippen molar-refractivity contribution in [3.63, 3.8) is 0 Å². The van der Waals surface area contributed by atoms with Crippen molar-refractivity contribution in [2.75, 3.05) is 6.61 Å². The van der Waals surface area contributed by atoms with Crippen molar-refractivity contribution >= 4 is 0 Å². The number of nitrogens with zero attached hydrogens (tertiary/aromatic N) is 1. The minimum Gasteiger partial charge on any atom is -0.493 e. The predicted octanol–water partition coefficient (Wildman–Crippen LogP) is 2.90. The summed E-state index contributed by atoms with van der Waals surface area (Å²) in [4.78, 5) is 4.01. The van der Waals surface area contributed by atoms with E-state index in [1.54, 1.807) is 25.4 Å². The molecule has 0 aliphatic rings. The second kappa shape index (κ2) is 6.29. The van der Waals surface area contributed by atoms with Crippen molar-refractivity contribution in [2.24, 2.45) is 0 Å². The number of hydrogen-bond donors (Lipinski definition) is 1. The van der Waals surface area contributed by atoms with Crippen LogP contribution in [0.4, 0.5) is 4.39 Å². The van der Waals surface area contributed by atoms with Gasteiger partial charge in [0.1, 0.15) is 11.6 Å². The standard InChI is InChI=1S/C15H16FNO2/c1-11(18)14-5-4-13(16)9-15(14)19-8-6-12-3-2-7-17-10-12/h2-5,7,9-11,18H,6,8H2,1H3/t11-/m0/s1. The molecular formula is C15H16FNO2. The summed E-state index contributed by atoms with van der Waals surface area (Å²) in [5.41, 5.74) is 1.64. The molecule has 0 aliphatic heterocycles. The molecule has 100 valence electrons. The topological polar surface area (TPSA) is 42.4 Å². The third-order valence-electron chi connectivity index (χ3n) is 2.80. The van der Waals surface area contributed by atoms with E-state index in [0.717, 1.165) is 5.56 Å². The first kappa shape index (κ1) is 13.5. The highest BCUT2D eigenvalue weighted by molar-refractivity contribution is 5.35. The Hall–Kier alpha value is -1.94. The normalized spacial score (nSPS) is 12.2. The highest BCUT2D eigenvalue weighted by Crippen LogP contribution is 2.26. The van der Waals surface area contributed by atoms with Crippen LogP contribution in [0, 0.1) is 5.82 Å². The number of benzene rings is 1. The molecule has 0 aliphatic carbocycles. The third-order valence-corrected chi connectivity index (χ3v) is 2.80. The van der Waals surface area contributed by atoms with Crippen LogP contribution in [-0.4, -0.2) is 16.7 Å². The van der Waals surface area contributed by atoms with E-state index in [0.29, 0.717) is 24.3 Å². The lowest BCUT2D eigenvalue weighted by atomic mass is 10.1. The van der Waals surface area contributed by atoms with Gasteiger partial charge in [-0.1, -0.05) is 6.07 Å². The molecule has 0 saturated carbocycles. The first-order chi connectivity index (χ1) is 9.16. The zero-order chi connectivity index (χ0) is 13.7. The van der Waals surface area contributed by atoms with Crippen molar-refractivity contribution in [3.05, 3.63) is 59.7 Å². The van der Waals surface area contributed by atoms with E-state index < -0.39 is 6.10 Å². The number of ether oxygens (including phenoxy) is 1. The van der Waals surface area contributed by atoms with Gasteiger partial charge in [-0.15, -0.1) is 0 Å². The van der Waals surface area contributed by atoms with Gasteiger partial charge in [0.15, 0.2) is 0 Å². The molecule has 1 aromatic heterocycles. The second-order valence-corrected chi connectivity index (χ2v) is 4.32. The van der Waals surface area contributed by atoms with E-state index in [9.17, 15) is 9.50 Å². The van der Waals surface area contributed by atoms with Crippen LogP contribution in [-0.2, 0) is 6.42 Å². The third kappa shape index (κ3) is 3.76. The van der Waals surface area contributed by atoms with Gasteiger partial charge in [-0.2, -0.15) is 0 Å². The Morgan fingerprint density at radius 3 is 2.89 bits per heavy atom. The fourth-order valence-electron chi connectivity index (χ4n) is 1.80. The van der Waals surface area contributed by atoms with Gasteiger partial charge in [-0.05, 0) is 30.7 Å². The number of halogens is 1. The van der Waals surface area contributed by atoms with E-state index >= 15 is 0 Å². The Morgan fingerprint density at radius 1 is 1.37 bits per heavy atom. The maximum Gasteiger partial charge on any atom is 0.128 e. The minimum absolute atomic E-state index is 0.374. The summed E-state index contributed by atoms with van der Waals surface area (Å²) in [6.45, 7) is 2.04. The zero-order valence-corrected chi connectivity index (χ0v) is 10.7. The maximum absolute atomic E-state index is 13.2. The molecule has 0 saturated heterocycles. The first-order valence-corrected chi connectivity index (χ1v) is 6.16. The average Bonchev–Trinajstić information content (AvgIpc) is 2.39. The first-order valence-electron chi connectivity index (χ1n) is 6.16. The van der Waals surface area contributed by atoms with E-state index in [-0.39, 0.29) is 5.82 Å². The largest absolute Gasteiger partial charge is 0.493 e. The molecule has 4 heteroatoms. The summed E-state index contributed by atoms with van der Waals surface area (Å²) in [6.07, 6.45) is 3.48. The molecule has 19 heavy (non-hydrogen) atoms. The molecule has 0 amide bonds. The molecule has 0 radical (unpaired) electrons. The summed E-state index contributed by atoms with van der Waals surface area (Å²) < 4.78 is 18.7. The van der Waals surface area contributed by atoms with Crippen LogP contribution in [0.5, 0.6) is 5.75 Å². The van der Waals surface area contributed by atoms with Gasteiger partial charge < -0.3 is 9.84 Å². The fourth-order valence-corrected chi connectivity index (χ4v) is 1.80. The van der Waals surface area contributed by atoms with Crippen molar-refractivity contribution < 1.29 is 14.2 Å². The van der Waals surface area contributed by atoms with Gasteiger partial charge in [-0.25, -0.2) is 4.39 Å². The van der Waals surface area contributed by atoms with Crippen LogP contribution >= 0.6 is 0 Å². The van der Waals surface area contributed by atoms with Crippen molar-refractivity contribution in [2.45, 2.75) is 19.4 Å². The molecule has 1 aromatic carbocycles. The Balaban J connectivity index is 2.01. The molecule has 2 rings (SSSR count). The van der Waals surface area contributed by atoms with Crippen LogP contribution in [0.25, 0.3) is 0 Å². The quantitative estimate of drug-likeness (QED) is 0.899. The molecule has 3 nitrogen and oxygen atoms in total. The van der Waals surface area contributed by atoms with Crippen molar-refractivity contribution in [1.29, 1.82) is 0 Å². The summed E-state index contributed by atoms with van der Waals surface area (Å²) in [7, 11) is 0. The zero-order valence-electron chi connectivity index (χ0n) is 10.7. The lowest BCUT2D eigenvalue weighted by Crippen LogP contribution is -2.05. The summed E-state index contributed by atoms with van der Waals surface area (Å²) in [6, 6.07) is 7.97. The highest BCUT2D eigenvalue weighted by Gasteiger charge is 2.10. The molecule has 1 heterocycles. The molecule has 0 unspecified atom stereocenters. The smallest absolute Gasteiger partial charge is 0.128 e. The lowest BCUT2D eigenvalue weighted by molar-refractivity contribution is 0.191. The fraction of sp³-hybridized carbons (Fsp3) is 0.267. The van der Waals surface area contributed by atoms with Crippen LogP contribution in [0.3, 0.4) is 0 Å². The van der Waals surface area contributed by atoms with E-state index in [1.807, 2.05) is 12.1 Å². The second-order valence-electron chi connectivity index (χ2n) is 4.32. The maximum atomic E-state index is 13.2. The lowest BCUT2D eigenvalue weighted by Gasteiger charge is -2.13. The monoisotopic (exact) mass is 261 g/mol. The van der Waals surface area contributed by atoms with Crippen molar-refractivity contribution in [3.8, 4) is 5.75 Å². The molecule has 1 N–H and O–H groups in total. The van der Waals surface area contributed by atoms with Gasteiger partial charge in [0.05, 0.1) is 12.7 Å². The van der Waals surface area contributed by atoms with Gasteiger partial charge in [0.25, 0.3) is 0 Å². The number of aliphatic hydroxyl groups excluding tert-OH is 1. The Kier molecular flexibility index (Phi) is 4.47. The van der Waals surface area contributed by atoms with Crippen LogP contribution in [0.1, 0.15) is 24.2 Å². The summed E-state index contributed by atoms with van der Waals surface area (Å²) in [5, 5.41) is 9.60. The van der Waals surface area contributed by atoms with E-state index in [4.69, 9.17) is 4.74 Å². The molecule has 0 spiro atoms. The van der Waals surface area contributed by atoms with Gasteiger partial charge in [0.2, 0.25) is 0 Å². The minimum atomic E-state index is -0.686. The van der Waals surface area contributed by atoms with Crippen LogP contribution in [0.15, 0.2) is 42.7 Å². The number of pyridine rings is 1. The number of rotatable bonds is 5. The molecular weight excluding hydrogens is 245 g/mol. The number of aliphatic hydroxyl groups is 1. The molecule has 0 fully saturated rings. The van der Waals surface area contributed by atoms with E-state index in [1.165, 1.54) is 12.1 Å². The molecule has 2 aromatic rings. The Labute approximate surface area is 111 Å². The molecule has 1 atom stereocenters. The average molecular weight is 261 g/mol. The van der Waals surface area contributed by atoms with Gasteiger partial charge in [0, 0.05) is 30.4 Å². The van der Waals surface area contributed by atoms with Crippen LogP contribution in [0.2, 0.25) is 0 Å². The van der Waals surface area contributed by atoms with Gasteiger partial charge >= 0.3 is 0 Å². The summed E-state index contributed by atoms with van der Waals surface area (Å²) >= 11 is 0. The summed E-state index contributed by atoms with van der Waals surface area (Å²) in [5.74, 6) is 0.0136. The predicted molar refractivity (Wildman–Crippen MR) is 70.5 cm³/mol. The SMILES string of the molecule is C[C@H](O)c1ccc(F)cc1OCCc1cccnc1. The van der Waals surface area contributed by atoms with Gasteiger partial charge in [-0.3, -0.25) is 4.98 Å². The van der Waals surface area contributed by atoms with Crippen molar-refractivity contribution in [1.82, 2.24) is 4.98 Å². The van der Waals surface area contributed by atoms with E-state index in [2.05, 4.69) is 4.98 Å². The molecule has 0 bridgehead atoms. The Morgan fingerprint density at radius 2 is 2.21 bits per heavy atom. The Bertz CT molecular complexity index is 529. The highest BCUT2D eigenvalue weighted by atomic mass is 19.1. The van der Waals surface area contributed by atoms with Crippen LogP contribution < -0.4 is 4.74 Å².